The average Bonchev–Trinajstić information content (AvgIpc) is 3.13. The zero-order valence-corrected chi connectivity index (χ0v) is 33.3. The van der Waals surface area contributed by atoms with E-state index >= 15 is 0 Å². The van der Waals surface area contributed by atoms with Gasteiger partial charge in [0.15, 0.2) is 6.29 Å². The second-order valence-electron chi connectivity index (χ2n) is 11.2. The first-order valence-electron chi connectivity index (χ1n) is 16.5. The number of hydrogen-bond acceptors (Lipinski definition) is 19. The Morgan fingerprint density at radius 1 is 0.704 bits per heavy atom. The number of carbonyl (C=O) groups is 6. The largest absolute Gasteiger partial charge is 0.464 e. The van der Waals surface area contributed by atoms with E-state index in [0.29, 0.717) is 17.3 Å². The number of aliphatic hydroxyl groups is 3. The predicted octanol–water partition coefficient (Wildman–Crippen LogP) is 1.20. The number of hydrogen-bond donors (Lipinski definition) is 6. The summed E-state index contributed by atoms with van der Waals surface area (Å²) in [7, 11) is 1.37. The van der Waals surface area contributed by atoms with Crippen molar-refractivity contribution in [1.82, 2.24) is 16.0 Å². The van der Waals surface area contributed by atoms with Crippen molar-refractivity contribution in [2.45, 2.75) is 39.3 Å². The molecule has 0 fully saturated rings. The average molecular weight is 832 g/mol. The molecule has 0 spiro atoms. The van der Waals surface area contributed by atoms with E-state index in [-0.39, 0.29) is 56.8 Å². The highest BCUT2D eigenvalue weighted by molar-refractivity contribution is 7.99. The summed E-state index contributed by atoms with van der Waals surface area (Å²) in [5.74, 6) is -2.49. The second kappa shape index (κ2) is 30.9. The highest BCUT2D eigenvalue weighted by Crippen LogP contribution is 2.16. The van der Waals surface area contributed by atoms with Gasteiger partial charge >= 0.3 is 36.2 Å². The van der Waals surface area contributed by atoms with Crippen molar-refractivity contribution >= 4 is 71.5 Å². The zero-order chi connectivity index (χ0) is 40.9. The fraction of sp³-hybridized carbons (Fsp3) is 0.688. The number of nitrogens with one attached hydrogen (secondary N) is 3. The molecule has 0 bridgehead atoms. The molecule has 6 N–H and O–H groups in total. The molecule has 19 nitrogen and oxygen atoms in total. The van der Waals surface area contributed by atoms with Crippen molar-refractivity contribution in [2.75, 3.05) is 81.1 Å². The number of ether oxygens (including phenoxy) is 7. The van der Waals surface area contributed by atoms with Crippen LogP contribution in [-0.4, -0.2) is 151 Å². The third kappa shape index (κ3) is 26.4. The highest BCUT2D eigenvalue weighted by atomic mass is 32.2. The number of methoxy groups -OCH3 is 1. The van der Waals surface area contributed by atoms with Crippen LogP contribution in [0.1, 0.15) is 20.8 Å². The number of aliphatic hydroxyl groups excluding tert-OH is 3. The quantitative estimate of drug-likeness (QED) is 0.0203. The Morgan fingerprint density at radius 3 is 1.76 bits per heavy atom. The van der Waals surface area contributed by atoms with Crippen LogP contribution in [0.3, 0.4) is 0 Å². The van der Waals surface area contributed by atoms with Gasteiger partial charge in [-0.05, 0) is 12.8 Å². The number of alkyl carbamates (subject to hydrolysis) is 3. The molecule has 0 aliphatic heterocycles. The van der Waals surface area contributed by atoms with E-state index in [0.717, 1.165) is 6.20 Å². The molecule has 0 aliphatic carbocycles. The molecule has 0 aromatic rings. The first-order valence-corrected chi connectivity index (χ1v) is 20.0. The molecule has 0 heterocycles. The Hall–Kier alpha value is -3.41. The Morgan fingerprint density at radius 2 is 1.22 bits per heavy atom. The van der Waals surface area contributed by atoms with Gasteiger partial charge < -0.3 is 59.1 Å². The molecular weight excluding hydrogens is 779 g/mol. The van der Waals surface area contributed by atoms with Crippen molar-refractivity contribution in [3.63, 3.8) is 0 Å². The first-order chi connectivity index (χ1) is 25.6. The first kappa shape index (κ1) is 50.6. The lowest BCUT2D eigenvalue weighted by Crippen LogP contribution is -2.36. The molecule has 54 heavy (non-hydrogen) atoms. The highest BCUT2D eigenvalue weighted by Gasteiger charge is 2.22. The molecule has 6 unspecified atom stereocenters. The van der Waals surface area contributed by atoms with Crippen molar-refractivity contribution in [3.8, 4) is 0 Å². The van der Waals surface area contributed by atoms with Crippen molar-refractivity contribution in [1.29, 1.82) is 0 Å². The van der Waals surface area contributed by atoms with E-state index in [9.17, 15) is 39.0 Å². The Labute approximate surface area is 327 Å². The molecule has 0 aromatic carbocycles. The third-order valence-corrected chi connectivity index (χ3v) is 10.2. The summed E-state index contributed by atoms with van der Waals surface area (Å²) < 4.78 is 35.1. The standard InChI is InChI=1S/C32H53N3O16S3/c1-7-33-30(42)48-13-25(51-32(44)35-9-11-47-27(39)20(2)14-52-17-24(37)12-36)18-53-16-22(4)29(41)49-23(5)50-31(43)34-8-10-46-28(40)21(3)15-54-19-26(38)45-6/h7,20-22,24-26,36-38H,1,5,8-19H2,2-4,6H3,(H,33,42)(H,34,43)(H,35,44). The maximum Gasteiger partial charge on any atom is 0.415 e. The molecule has 0 radical (unpaired) electrons. The summed E-state index contributed by atoms with van der Waals surface area (Å²) in [5.41, 5.74) is 0. The van der Waals surface area contributed by atoms with Crippen LogP contribution in [0.15, 0.2) is 25.3 Å². The van der Waals surface area contributed by atoms with E-state index in [1.165, 1.54) is 49.3 Å². The number of carbonyl (C=O) groups excluding carboxylic acids is 6. The van der Waals surface area contributed by atoms with Gasteiger partial charge in [0, 0.05) is 41.6 Å². The molecule has 0 rings (SSSR count). The summed E-state index contributed by atoms with van der Waals surface area (Å²) in [4.78, 5) is 72.8. The summed E-state index contributed by atoms with van der Waals surface area (Å²) in [6, 6.07) is 0. The Balaban J connectivity index is 4.58. The van der Waals surface area contributed by atoms with Gasteiger partial charge in [-0.1, -0.05) is 27.4 Å². The van der Waals surface area contributed by atoms with E-state index < -0.39 is 78.4 Å². The number of thioether (sulfide) groups is 3. The SMILES string of the molecule is C=CNC(=O)OCC(CSCC(C)C(=O)OC(=C)OC(=O)NCCOC(=O)C(C)CSCC(O)OC)OC(=O)NCCOC(=O)C(C)CSCC(O)CO. The van der Waals surface area contributed by atoms with Gasteiger partial charge in [-0.3, -0.25) is 19.7 Å². The minimum absolute atomic E-state index is 0.0761. The lowest BCUT2D eigenvalue weighted by molar-refractivity contribution is -0.148. The number of amides is 3. The van der Waals surface area contributed by atoms with Crippen LogP contribution in [0.5, 0.6) is 0 Å². The van der Waals surface area contributed by atoms with Crippen LogP contribution in [-0.2, 0) is 47.5 Å². The topological polar surface area (TPSA) is 264 Å². The molecule has 6 atom stereocenters. The molecule has 22 heteroatoms. The van der Waals surface area contributed by atoms with E-state index in [2.05, 4.69) is 29.1 Å². The molecule has 0 aliphatic rings. The van der Waals surface area contributed by atoms with Gasteiger partial charge in [-0.2, -0.15) is 35.3 Å². The Bertz CT molecular complexity index is 1180. The predicted molar refractivity (Wildman–Crippen MR) is 200 cm³/mol. The third-order valence-electron chi connectivity index (χ3n) is 6.21. The van der Waals surface area contributed by atoms with Gasteiger partial charge in [0.1, 0.15) is 25.9 Å². The fourth-order valence-electron chi connectivity index (χ4n) is 3.30. The lowest BCUT2D eigenvalue weighted by atomic mass is 10.2. The van der Waals surface area contributed by atoms with Gasteiger partial charge in [-0.15, -0.1) is 0 Å². The van der Waals surface area contributed by atoms with Crippen LogP contribution in [0, 0.1) is 17.8 Å². The smallest absolute Gasteiger partial charge is 0.415 e. The number of esters is 3. The normalized spacial score (nSPS) is 14.1. The fourth-order valence-corrected chi connectivity index (χ4v) is 6.32. The summed E-state index contributed by atoms with van der Waals surface area (Å²) in [6.45, 7) is 10.4. The van der Waals surface area contributed by atoms with Crippen LogP contribution >= 0.6 is 35.3 Å². The van der Waals surface area contributed by atoms with Crippen molar-refractivity contribution in [3.05, 3.63) is 25.3 Å². The maximum absolute atomic E-state index is 12.5. The van der Waals surface area contributed by atoms with Crippen LogP contribution < -0.4 is 16.0 Å². The van der Waals surface area contributed by atoms with Crippen LogP contribution in [0.2, 0.25) is 0 Å². The van der Waals surface area contributed by atoms with Crippen molar-refractivity contribution in [2.24, 2.45) is 17.8 Å². The zero-order valence-electron chi connectivity index (χ0n) is 30.8. The van der Waals surface area contributed by atoms with Gasteiger partial charge in [0.2, 0.25) is 0 Å². The Kier molecular flexibility index (Phi) is 28.9. The van der Waals surface area contributed by atoms with Gasteiger partial charge in [-0.25, -0.2) is 14.4 Å². The molecule has 310 valence electrons. The molecule has 0 saturated heterocycles. The maximum atomic E-state index is 12.5. The monoisotopic (exact) mass is 831 g/mol. The minimum Gasteiger partial charge on any atom is -0.464 e. The number of rotatable bonds is 29. The molecule has 0 aromatic heterocycles. The van der Waals surface area contributed by atoms with Crippen molar-refractivity contribution < 1.29 is 77.2 Å². The second-order valence-corrected chi connectivity index (χ2v) is 14.4. The van der Waals surface area contributed by atoms with Crippen LogP contribution in [0.25, 0.3) is 0 Å². The summed E-state index contributed by atoms with van der Waals surface area (Å²) in [5, 5.41) is 34.6. The van der Waals surface area contributed by atoms with E-state index in [1.54, 1.807) is 13.8 Å². The van der Waals surface area contributed by atoms with E-state index in [4.69, 9.17) is 38.3 Å². The molecule has 0 saturated carbocycles. The minimum atomic E-state index is -1.000. The van der Waals surface area contributed by atoms with Gasteiger partial charge in [0.05, 0.1) is 43.6 Å². The lowest BCUT2D eigenvalue weighted by Gasteiger charge is -2.19. The van der Waals surface area contributed by atoms with Gasteiger partial charge in [0.25, 0.3) is 5.95 Å². The molecule has 3 amide bonds. The van der Waals surface area contributed by atoms with E-state index in [1.807, 2.05) is 0 Å². The van der Waals surface area contributed by atoms with Crippen LogP contribution in [0.4, 0.5) is 14.4 Å². The summed E-state index contributed by atoms with van der Waals surface area (Å²) >= 11 is 3.77. The summed E-state index contributed by atoms with van der Waals surface area (Å²) in [6.07, 6.45) is -4.38. The molecular formula is C32H53N3O16S3.